The second-order valence-electron chi connectivity index (χ2n) is 4.70. The Kier molecular flexibility index (Phi) is 4.48. The number of fused-ring (bicyclic) bond motifs is 1. The van der Waals surface area contributed by atoms with Crippen molar-refractivity contribution >= 4 is 42.9 Å². The minimum Gasteiger partial charge on any atom is -0.397 e. The van der Waals surface area contributed by atoms with E-state index < -0.39 is 21.6 Å². The summed E-state index contributed by atoms with van der Waals surface area (Å²) in [6, 6.07) is 4.54. The molecule has 0 fully saturated rings. The molecule has 0 aliphatic carbocycles. The molecule has 0 radical (unpaired) electrons. The lowest BCUT2D eigenvalue weighted by molar-refractivity contribution is 0.0958. The Morgan fingerprint density at radius 3 is 2.76 bits per heavy atom. The van der Waals surface area contributed by atoms with Gasteiger partial charge in [0.1, 0.15) is 20.5 Å². The van der Waals surface area contributed by atoms with Gasteiger partial charge in [-0.3, -0.25) is 4.79 Å². The standard InChI is InChI=1S/C13H15FN2O3S2/c1-21(18,19)7-3-6-16-13(17)12-11(15)10-8(14)4-2-5-9(10)20-12/h2,4-5H,3,6-7,15H2,1H3,(H,16,17). The molecule has 0 unspecified atom stereocenters. The number of carbonyl (C=O) groups is 1. The van der Waals surface area contributed by atoms with Gasteiger partial charge in [-0.2, -0.15) is 0 Å². The number of halogens is 1. The van der Waals surface area contributed by atoms with Gasteiger partial charge in [-0.05, 0) is 18.6 Å². The summed E-state index contributed by atoms with van der Waals surface area (Å²) in [5.74, 6) is -0.872. The lowest BCUT2D eigenvalue weighted by Gasteiger charge is -2.03. The molecule has 0 saturated heterocycles. The van der Waals surface area contributed by atoms with Gasteiger partial charge in [-0.1, -0.05) is 6.07 Å². The lowest BCUT2D eigenvalue weighted by atomic mass is 10.2. The average molecular weight is 330 g/mol. The normalized spacial score (nSPS) is 11.7. The van der Waals surface area contributed by atoms with Crippen LogP contribution in [0.2, 0.25) is 0 Å². The molecule has 1 aromatic carbocycles. The van der Waals surface area contributed by atoms with Crippen LogP contribution in [0.4, 0.5) is 10.1 Å². The highest BCUT2D eigenvalue weighted by atomic mass is 32.2. The highest BCUT2D eigenvalue weighted by molar-refractivity contribution is 7.90. The van der Waals surface area contributed by atoms with Crippen molar-refractivity contribution in [1.29, 1.82) is 0 Å². The lowest BCUT2D eigenvalue weighted by Crippen LogP contribution is -2.25. The van der Waals surface area contributed by atoms with Crippen molar-refractivity contribution in [2.75, 3.05) is 24.3 Å². The molecule has 0 aliphatic heterocycles. The molecule has 0 spiro atoms. The van der Waals surface area contributed by atoms with Crippen LogP contribution in [-0.4, -0.2) is 32.9 Å². The van der Waals surface area contributed by atoms with Gasteiger partial charge < -0.3 is 11.1 Å². The van der Waals surface area contributed by atoms with Crippen LogP contribution in [0.5, 0.6) is 0 Å². The van der Waals surface area contributed by atoms with E-state index in [0.717, 1.165) is 17.6 Å². The van der Waals surface area contributed by atoms with E-state index in [2.05, 4.69) is 5.32 Å². The van der Waals surface area contributed by atoms with Gasteiger partial charge in [-0.15, -0.1) is 11.3 Å². The Bertz CT molecular complexity index is 784. The molecule has 0 saturated carbocycles. The van der Waals surface area contributed by atoms with Crippen LogP contribution < -0.4 is 11.1 Å². The van der Waals surface area contributed by atoms with Crippen LogP contribution in [-0.2, 0) is 9.84 Å². The van der Waals surface area contributed by atoms with Crippen molar-refractivity contribution in [3.05, 3.63) is 28.9 Å². The van der Waals surface area contributed by atoms with E-state index in [4.69, 9.17) is 5.73 Å². The fraction of sp³-hybridized carbons (Fsp3) is 0.308. The van der Waals surface area contributed by atoms with Crippen molar-refractivity contribution < 1.29 is 17.6 Å². The summed E-state index contributed by atoms with van der Waals surface area (Å²) >= 11 is 1.11. The van der Waals surface area contributed by atoms with Crippen LogP contribution in [0.3, 0.4) is 0 Å². The number of thiophene rings is 1. The SMILES string of the molecule is CS(=O)(=O)CCCNC(=O)c1sc2cccc(F)c2c1N. The number of sulfone groups is 1. The molecule has 0 aliphatic rings. The zero-order valence-corrected chi connectivity index (χ0v) is 13.0. The third-order valence-corrected chi connectivity index (χ3v) is 5.08. The van der Waals surface area contributed by atoms with E-state index >= 15 is 0 Å². The minimum absolute atomic E-state index is 0.00378. The van der Waals surface area contributed by atoms with E-state index in [9.17, 15) is 17.6 Å². The molecule has 1 heterocycles. The zero-order chi connectivity index (χ0) is 15.6. The van der Waals surface area contributed by atoms with Crippen LogP contribution in [0.1, 0.15) is 16.1 Å². The molecule has 3 N–H and O–H groups in total. The topological polar surface area (TPSA) is 89.3 Å². The first-order chi connectivity index (χ1) is 9.79. The third kappa shape index (κ3) is 3.70. The van der Waals surface area contributed by atoms with Crippen molar-refractivity contribution in [3.8, 4) is 0 Å². The molecule has 0 atom stereocenters. The van der Waals surface area contributed by atoms with Crippen molar-refractivity contribution in [2.24, 2.45) is 0 Å². The molecular formula is C13H15FN2O3S2. The molecule has 2 aromatic rings. The second-order valence-corrected chi connectivity index (χ2v) is 8.01. The van der Waals surface area contributed by atoms with E-state index in [1.807, 2.05) is 0 Å². The molecule has 114 valence electrons. The van der Waals surface area contributed by atoms with Crippen LogP contribution >= 0.6 is 11.3 Å². The molecule has 1 aromatic heterocycles. The maximum absolute atomic E-state index is 13.7. The van der Waals surface area contributed by atoms with Gasteiger partial charge in [0.25, 0.3) is 5.91 Å². The van der Waals surface area contributed by atoms with Gasteiger partial charge in [0.15, 0.2) is 0 Å². The van der Waals surface area contributed by atoms with Crippen LogP contribution in [0.15, 0.2) is 18.2 Å². The van der Waals surface area contributed by atoms with E-state index in [0.29, 0.717) is 11.1 Å². The maximum Gasteiger partial charge on any atom is 0.263 e. The van der Waals surface area contributed by atoms with Crippen LogP contribution in [0, 0.1) is 5.82 Å². The number of rotatable bonds is 5. The van der Waals surface area contributed by atoms with Gasteiger partial charge in [0.05, 0.1) is 16.8 Å². The summed E-state index contributed by atoms with van der Waals surface area (Å²) in [5.41, 5.74) is 5.95. The Morgan fingerprint density at radius 2 is 2.14 bits per heavy atom. The second kappa shape index (κ2) is 5.98. The smallest absolute Gasteiger partial charge is 0.263 e. The highest BCUT2D eigenvalue weighted by Gasteiger charge is 2.18. The summed E-state index contributed by atoms with van der Waals surface area (Å²) in [6.45, 7) is 0.224. The van der Waals surface area contributed by atoms with Crippen molar-refractivity contribution in [3.63, 3.8) is 0 Å². The Morgan fingerprint density at radius 1 is 1.43 bits per heavy atom. The number of hydrogen-bond acceptors (Lipinski definition) is 5. The van der Waals surface area contributed by atoms with Crippen molar-refractivity contribution in [1.82, 2.24) is 5.32 Å². The first-order valence-electron chi connectivity index (χ1n) is 6.22. The number of carbonyl (C=O) groups excluding carboxylic acids is 1. The number of nitrogen functional groups attached to an aromatic ring is 1. The molecule has 1 amide bonds. The van der Waals surface area contributed by atoms with Gasteiger partial charge in [-0.25, -0.2) is 12.8 Å². The number of hydrogen-bond donors (Lipinski definition) is 2. The Hall–Kier alpha value is -1.67. The maximum atomic E-state index is 13.7. The number of benzene rings is 1. The predicted octanol–water partition coefficient (Wildman–Crippen LogP) is 1.79. The molecule has 5 nitrogen and oxygen atoms in total. The quantitative estimate of drug-likeness (QED) is 0.818. The summed E-state index contributed by atoms with van der Waals surface area (Å²) in [6.07, 6.45) is 1.46. The molecule has 0 bridgehead atoms. The van der Waals surface area contributed by atoms with E-state index in [1.165, 1.54) is 6.07 Å². The van der Waals surface area contributed by atoms with Crippen molar-refractivity contribution in [2.45, 2.75) is 6.42 Å². The average Bonchev–Trinajstić information content (AvgIpc) is 2.72. The largest absolute Gasteiger partial charge is 0.397 e. The van der Waals surface area contributed by atoms with Crippen LogP contribution in [0.25, 0.3) is 10.1 Å². The van der Waals surface area contributed by atoms with E-state index in [1.54, 1.807) is 12.1 Å². The van der Waals surface area contributed by atoms with Gasteiger partial charge in [0, 0.05) is 17.5 Å². The monoisotopic (exact) mass is 330 g/mol. The molecular weight excluding hydrogens is 315 g/mol. The molecule has 8 heteroatoms. The number of nitrogens with one attached hydrogen (secondary N) is 1. The Balaban J connectivity index is 2.10. The molecule has 21 heavy (non-hydrogen) atoms. The van der Waals surface area contributed by atoms with Gasteiger partial charge in [0.2, 0.25) is 0 Å². The highest BCUT2D eigenvalue weighted by Crippen LogP contribution is 2.35. The van der Waals surface area contributed by atoms with E-state index in [-0.39, 0.29) is 28.2 Å². The van der Waals surface area contributed by atoms with Gasteiger partial charge >= 0.3 is 0 Å². The number of amides is 1. The number of nitrogens with two attached hydrogens (primary N) is 1. The first-order valence-corrected chi connectivity index (χ1v) is 9.09. The third-order valence-electron chi connectivity index (χ3n) is 2.89. The summed E-state index contributed by atoms with van der Waals surface area (Å²) in [4.78, 5) is 12.3. The first kappa shape index (κ1) is 15.7. The molecule has 2 rings (SSSR count). The fourth-order valence-electron chi connectivity index (χ4n) is 1.91. The summed E-state index contributed by atoms with van der Waals surface area (Å²) < 4.78 is 36.3. The fourth-order valence-corrected chi connectivity index (χ4v) is 3.64. The summed E-state index contributed by atoms with van der Waals surface area (Å²) in [5, 5.41) is 2.85. The number of anilines is 1. The Labute approximate surface area is 125 Å². The predicted molar refractivity (Wildman–Crippen MR) is 82.9 cm³/mol. The summed E-state index contributed by atoms with van der Waals surface area (Å²) in [7, 11) is -3.04. The zero-order valence-electron chi connectivity index (χ0n) is 11.3. The minimum atomic E-state index is -3.04.